The monoisotopic (exact) mass is 301 g/mol. The number of nitrogens with zero attached hydrogens (tertiary/aromatic N) is 2. The molecule has 0 spiro atoms. The number of H-pyrrole nitrogens is 1. The zero-order valence-electron chi connectivity index (χ0n) is 13.2. The average molecular weight is 301 g/mol. The minimum atomic E-state index is 1.07. The Bertz CT molecular complexity index is 860. The van der Waals surface area contributed by atoms with Crippen LogP contribution in [-0.2, 0) is 6.42 Å². The molecule has 2 heterocycles. The zero-order valence-corrected chi connectivity index (χ0v) is 13.2. The molecular weight excluding hydrogens is 282 g/mol. The lowest BCUT2D eigenvalue weighted by atomic mass is 9.85. The lowest BCUT2D eigenvalue weighted by molar-refractivity contribution is 0.824. The highest BCUT2D eigenvalue weighted by atomic mass is 14.8. The van der Waals surface area contributed by atoms with Crippen molar-refractivity contribution in [3.05, 3.63) is 71.6 Å². The molecule has 0 unspecified atom stereocenters. The van der Waals surface area contributed by atoms with Gasteiger partial charge in [0.25, 0.3) is 0 Å². The standard InChI is InChI=1S/C20H19N3/c1-14-7-8-21-12-20(14)17-6-5-15-3-2-4-16(19(15)10-17)9-18-11-22-13-23-18/h5-13H,2-4H2,1H3,(H,22,23). The average Bonchev–Trinajstić information content (AvgIpc) is 3.08. The predicted octanol–water partition coefficient (Wildman–Crippen LogP) is 4.66. The molecular formula is C20H19N3. The van der Waals surface area contributed by atoms with E-state index in [1.54, 1.807) is 6.33 Å². The smallest absolute Gasteiger partial charge is 0.0924 e. The maximum Gasteiger partial charge on any atom is 0.0924 e. The van der Waals surface area contributed by atoms with E-state index >= 15 is 0 Å². The number of aromatic amines is 1. The molecule has 1 aliphatic rings. The van der Waals surface area contributed by atoms with Gasteiger partial charge in [0, 0.05) is 18.0 Å². The normalized spacial score (nSPS) is 15.6. The van der Waals surface area contributed by atoms with E-state index in [4.69, 9.17) is 0 Å². The van der Waals surface area contributed by atoms with Gasteiger partial charge >= 0.3 is 0 Å². The van der Waals surface area contributed by atoms with E-state index in [0.29, 0.717) is 0 Å². The fourth-order valence-corrected chi connectivity index (χ4v) is 3.31. The molecule has 3 heteroatoms. The summed E-state index contributed by atoms with van der Waals surface area (Å²) in [5, 5.41) is 0. The number of imidazole rings is 1. The number of pyridine rings is 1. The quantitative estimate of drug-likeness (QED) is 0.748. The lowest BCUT2D eigenvalue weighted by Gasteiger charge is -2.20. The van der Waals surface area contributed by atoms with E-state index < -0.39 is 0 Å². The van der Waals surface area contributed by atoms with Crippen molar-refractivity contribution in [3.63, 3.8) is 0 Å². The van der Waals surface area contributed by atoms with Gasteiger partial charge in [-0.2, -0.15) is 0 Å². The molecule has 0 radical (unpaired) electrons. The molecule has 3 nitrogen and oxygen atoms in total. The van der Waals surface area contributed by atoms with Gasteiger partial charge in [-0.05, 0) is 72.2 Å². The van der Waals surface area contributed by atoms with Crippen LogP contribution in [0.3, 0.4) is 0 Å². The van der Waals surface area contributed by atoms with Crippen LogP contribution in [0.2, 0.25) is 0 Å². The number of fused-ring (bicyclic) bond motifs is 1. The van der Waals surface area contributed by atoms with Crippen molar-refractivity contribution in [2.24, 2.45) is 0 Å². The number of aryl methyl sites for hydroxylation is 2. The summed E-state index contributed by atoms with van der Waals surface area (Å²) in [7, 11) is 0. The Morgan fingerprint density at radius 2 is 2.00 bits per heavy atom. The topological polar surface area (TPSA) is 41.6 Å². The highest BCUT2D eigenvalue weighted by Gasteiger charge is 2.15. The minimum Gasteiger partial charge on any atom is -0.345 e. The van der Waals surface area contributed by atoms with Crippen molar-refractivity contribution in [1.82, 2.24) is 15.0 Å². The van der Waals surface area contributed by atoms with Gasteiger partial charge in [0.05, 0.1) is 18.2 Å². The van der Waals surface area contributed by atoms with Gasteiger partial charge in [-0.25, -0.2) is 4.98 Å². The van der Waals surface area contributed by atoms with E-state index in [0.717, 1.165) is 18.5 Å². The van der Waals surface area contributed by atoms with Crippen LogP contribution < -0.4 is 0 Å². The highest BCUT2D eigenvalue weighted by Crippen LogP contribution is 2.35. The minimum absolute atomic E-state index is 1.07. The number of rotatable bonds is 2. The molecule has 1 aliphatic carbocycles. The van der Waals surface area contributed by atoms with Crippen molar-refractivity contribution in [2.75, 3.05) is 0 Å². The third-order valence-corrected chi connectivity index (χ3v) is 4.55. The molecule has 1 aromatic carbocycles. The third-order valence-electron chi connectivity index (χ3n) is 4.55. The molecule has 0 aliphatic heterocycles. The molecule has 0 atom stereocenters. The lowest BCUT2D eigenvalue weighted by Crippen LogP contribution is -2.02. The van der Waals surface area contributed by atoms with Gasteiger partial charge in [-0.15, -0.1) is 0 Å². The summed E-state index contributed by atoms with van der Waals surface area (Å²) in [6.07, 6.45) is 13.1. The highest BCUT2D eigenvalue weighted by molar-refractivity contribution is 5.85. The molecule has 4 rings (SSSR count). The van der Waals surface area contributed by atoms with Crippen LogP contribution in [0.15, 0.2) is 49.2 Å². The van der Waals surface area contributed by atoms with E-state index in [-0.39, 0.29) is 0 Å². The summed E-state index contributed by atoms with van der Waals surface area (Å²) in [6, 6.07) is 8.88. The van der Waals surface area contributed by atoms with E-state index in [9.17, 15) is 0 Å². The summed E-state index contributed by atoms with van der Waals surface area (Å²) in [5.74, 6) is 0. The zero-order chi connectivity index (χ0) is 15.6. The van der Waals surface area contributed by atoms with Gasteiger partial charge in [0.1, 0.15) is 0 Å². The third kappa shape index (κ3) is 2.70. The summed E-state index contributed by atoms with van der Waals surface area (Å²) < 4.78 is 0. The Balaban J connectivity index is 1.82. The number of hydrogen-bond donors (Lipinski definition) is 1. The van der Waals surface area contributed by atoms with E-state index in [1.165, 1.54) is 39.8 Å². The number of hydrogen-bond acceptors (Lipinski definition) is 2. The van der Waals surface area contributed by atoms with Gasteiger partial charge in [0.2, 0.25) is 0 Å². The number of allylic oxidation sites excluding steroid dienone is 1. The largest absolute Gasteiger partial charge is 0.345 e. The molecule has 0 amide bonds. The molecule has 0 saturated heterocycles. The summed E-state index contributed by atoms with van der Waals surface area (Å²) in [4.78, 5) is 11.6. The SMILES string of the molecule is Cc1ccncc1-c1ccc2c(c1)C(=Cc1cnc[nH]1)CCC2. The second kappa shape index (κ2) is 5.84. The number of benzene rings is 1. The molecule has 2 aromatic heterocycles. The fourth-order valence-electron chi connectivity index (χ4n) is 3.31. The molecule has 3 aromatic rings. The predicted molar refractivity (Wildman–Crippen MR) is 93.8 cm³/mol. The first-order valence-electron chi connectivity index (χ1n) is 8.04. The molecule has 0 bridgehead atoms. The Labute approximate surface area is 136 Å². The van der Waals surface area contributed by atoms with Crippen molar-refractivity contribution >= 4 is 11.6 Å². The Hall–Kier alpha value is -2.68. The summed E-state index contributed by atoms with van der Waals surface area (Å²) in [6.45, 7) is 2.14. The van der Waals surface area contributed by atoms with Crippen molar-refractivity contribution < 1.29 is 0 Å². The first-order chi connectivity index (χ1) is 11.3. The number of aromatic nitrogens is 3. The first-order valence-corrected chi connectivity index (χ1v) is 8.04. The molecule has 23 heavy (non-hydrogen) atoms. The summed E-state index contributed by atoms with van der Waals surface area (Å²) in [5.41, 5.74) is 8.97. The molecule has 0 saturated carbocycles. The Kier molecular flexibility index (Phi) is 3.54. The van der Waals surface area contributed by atoms with Crippen LogP contribution >= 0.6 is 0 Å². The van der Waals surface area contributed by atoms with E-state index in [1.807, 2.05) is 18.6 Å². The second-order valence-corrected chi connectivity index (χ2v) is 6.09. The first kappa shape index (κ1) is 13.9. The second-order valence-electron chi connectivity index (χ2n) is 6.09. The van der Waals surface area contributed by atoms with Crippen molar-refractivity contribution in [1.29, 1.82) is 0 Å². The van der Waals surface area contributed by atoms with Crippen LogP contribution in [0.25, 0.3) is 22.8 Å². The van der Waals surface area contributed by atoms with Gasteiger partial charge in [-0.1, -0.05) is 12.1 Å². The fraction of sp³-hybridized carbons (Fsp3) is 0.200. The van der Waals surface area contributed by atoms with Gasteiger partial charge in [-0.3, -0.25) is 4.98 Å². The summed E-state index contributed by atoms with van der Waals surface area (Å²) >= 11 is 0. The van der Waals surface area contributed by atoms with Crippen LogP contribution in [0.4, 0.5) is 0 Å². The van der Waals surface area contributed by atoms with E-state index in [2.05, 4.69) is 52.2 Å². The Morgan fingerprint density at radius 1 is 1.04 bits per heavy atom. The van der Waals surface area contributed by atoms with Crippen LogP contribution in [-0.4, -0.2) is 15.0 Å². The van der Waals surface area contributed by atoms with Gasteiger partial charge < -0.3 is 4.98 Å². The van der Waals surface area contributed by atoms with Gasteiger partial charge in [0.15, 0.2) is 0 Å². The van der Waals surface area contributed by atoms with Crippen LogP contribution in [0, 0.1) is 6.92 Å². The van der Waals surface area contributed by atoms with Crippen molar-refractivity contribution in [2.45, 2.75) is 26.2 Å². The Morgan fingerprint density at radius 3 is 2.83 bits per heavy atom. The van der Waals surface area contributed by atoms with Crippen molar-refractivity contribution in [3.8, 4) is 11.1 Å². The maximum atomic E-state index is 4.29. The molecule has 0 fully saturated rings. The number of nitrogens with one attached hydrogen (secondary N) is 1. The van der Waals surface area contributed by atoms with Crippen LogP contribution in [0.1, 0.15) is 35.2 Å². The maximum absolute atomic E-state index is 4.29. The molecule has 1 N–H and O–H groups in total. The van der Waals surface area contributed by atoms with Crippen LogP contribution in [0.5, 0.6) is 0 Å². The molecule has 114 valence electrons.